The lowest BCUT2D eigenvalue weighted by Crippen LogP contribution is -2.29. The number of aromatic nitrogens is 1. The van der Waals surface area contributed by atoms with Crippen LogP contribution in [0.15, 0.2) is 54.7 Å². The molecule has 1 fully saturated rings. The van der Waals surface area contributed by atoms with Crippen molar-refractivity contribution in [3.8, 4) is 5.75 Å². The molecule has 1 aromatic carbocycles. The molecule has 0 radical (unpaired) electrons. The van der Waals surface area contributed by atoms with Crippen molar-refractivity contribution >= 4 is 57.5 Å². The van der Waals surface area contributed by atoms with Crippen molar-refractivity contribution < 1.29 is 9.53 Å². The van der Waals surface area contributed by atoms with Crippen LogP contribution in [0.1, 0.15) is 29.6 Å². The van der Waals surface area contributed by atoms with E-state index in [2.05, 4.69) is 15.6 Å². The number of methoxy groups -OCH3 is 1. The number of halogens is 1. The minimum atomic E-state index is -0.180. The second kappa shape index (κ2) is 8.59. The molecule has 9 heteroatoms. The number of thiocarbonyl (C=S) groups is 1. The molecule has 3 aromatic rings. The molecule has 0 spiro atoms. The van der Waals surface area contributed by atoms with E-state index in [4.69, 9.17) is 28.6 Å². The average Bonchev–Trinajstić information content (AvgIpc) is 3.31. The van der Waals surface area contributed by atoms with Gasteiger partial charge in [-0.15, -0.1) is 11.3 Å². The Bertz CT molecular complexity index is 1090. The maximum atomic E-state index is 11.7. The molecule has 0 unspecified atom stereocenters. The van der Waals surface area contributed by atoms with Crippen LogP contribution in [0.4, 0.5) is 11.4 Å². The standard InChI is InChI=1S/C21H19ClN4O2S2/c1-12(27)24-15-11-13(6-7-16(15)28-2)26-20(17-8-9-18(22)30-17)19(25-21(26)29)14-5-3-4-10-23-14/h3-11,19-20H,1-2H3,(H,24,27)(H,25,29)/t19-,20+/m0/s1. The fraction of sp³-hybridized carbons (Fsp3) is 0.190. The predicted molar refractivity (Wildman–Crippen MR) is 125 cm³/mol. The fourth-order valence-electron chi connectivity index (χ4n) is 3.54. The van der Waals surface area contributed by atoms with Crippen LogP contribution < -0.4 is 20.3 Å². The van der Waals surface area contributed by atoms with Crippen LogP contribution in [-0.4, -0.2) is 23.1 Å². The lowest BCUT2D eigenvalue weighted by atomic mass is 10.0. The number of nitrogens with zero attached hydrogens (tertiary/aromatic N) is 2. The molecule has 1 aliphatic rings. The first-order valence-electron chi connectivity index (χ1n) is 9.19. The molecular weight excluding hydrogens is 440 g/mol. The van der Waals surface area contributed by atoms with Crippen molar-refractivity contribution in [2.45, 2.75) is 19.0 Å². The maximum absolute atomic E-state index is 11.7. The van der Waals surface area contributed by atoms with Crippen molar-refractivity contribution in [2.24, 2.45) is 0 Å². The predicted octanol–water partition coefficient (Wildman–Crippen LogP) is 4.94. The molecule has 4 rings (SSSR count). The summed E-state index contributed by atoms with van der Waals surface area (Å²) in [7, 11) is 1.57. The number of amides is 1. The Hall–Kier alpha value is -2.68. The molecule has 2 aromatic heterocycles. The molecule has 154 valence electrons. The minimum absolute atomic E-state index is 0.150. The van der Waals surface area contributed by atoms with Gasteiger partial charge in [0.25, 0.3) is 0 Å². The molecule has 6 nitrogen and oxygen atoms in total. The third-order valence-corrected chi connectivity index (χ3v) is 6.37. The Morgan fingerprint density at radius 1 is 1.30 bits per heavy atom. The molecule has 30 heavy (non-hydrogen) atoms. The van der Waals surface area contributed by atoms with E-state index in [9.17, 15) is 4.79 Å². The van der Waals surface area contributed by atoms with Crippen molar-refractivity contribution in [2.75, 3.05) is 17.3 Å². The Balaban J connectivity index is 1.81. The second-order valence-corrected chi connectivity index (χ2v) is 8.84. The number of benzene rings is 1. The van der Waals surface area contributed by atoms with Gasteiger partial charge < -0.3 is 20.3 Å². The summed E-state index contributed by atoms with van der Waals surface area (Å²) in [6, 6.07) is 15.0. The van der Waals surface area contributed by atoms with Gasteiger partial charge in [-0.25, -0.2) is 0 Å². The smallest absolute Gasteiger partial charge is 0.221 e. The maximum Gasteiger partial charge on any atom is 0.221 e. The highest BCUT2D eigenvalue weighted by atomic mass is 35.5. The largest absolute Gasteiger partial charge is 0.495 e. The number of carbonyl (C=O) groups excluding carboxylic acids is 1. The zero-order valence-corrected chi connectivity index (χ0v) is 18.6. The molecule has 1 amide bonds. The molecule has 0 aliphatic carbocycles. The van der Waals surface area contributed by atoms with Crippen LogP contribution in [0.2, 0.25) is 4.34 Å². The van der Waals surface area contributed by atoms with Gasteiger partial charge in [0.2, 0.25) is 5.91 Å². The molecule has 0 bridgehead atoms. The van der Waals surface area contributed by atoms with E-state index in [0.29, 0.717) is 20.9 Å². The number of anilines is 2. The fourth-order valence-corrected chi connectivity index (χ4v) is 5.08. The number of hydrogen-bond donors (Lipinski definition) is 2. The summed E-state index contributed by atoms with van der Waals surface area (Å²) in [5.41, 5.74) is 2.28. The lowest BCUT2D eigenvalue weighted by molar-refractivity contribution is -0.114. The van der Waals surface area contributed by atoms with Gasteiger partial charge in [0, 0.05) is 23.7 Å². The van der Waals surface area contributed by atoms with Gasteiger partial charge >= 0.3 is 0 Å². The molecule has 0 saturated carbocycles. The van der Waals surface area contributed by atoms with Crippen LogP contribution in [0, 0.1) is 0 Å². The average molecular weight is 459 g/mol. The number of carbonyl (C=O) groups is 1. The van der Waals surface area contributed by atoms with E-state index < -0.39 is 0 Å². The number of nitrogens with one attached hydrogen (secondary N) is 2. The van der Waals surface area contributed by atoms with Gasteiger partial charge in [0.05, 0.1) is 34.9 Å². The van der Waals surface area contributed by atoms with Gasteiger partial charge in [-0.1, -0.05) is 17.7 Å². The van der Waals surface area contributed by atoms with Gasteiger partial charge in [-0.2, -0.15) is 0 Å². The van der Waals surface area contributed by atoms with Crippen LogP contribution in [0.25, 0.3) is 0 Å². The first-order valence-corrected chi connectivity index (χ1v) is 10.8. The number of rotatable bonds is 5. The Morgan fingerprint density at radius 2 is 2.13 bits per heavy atom. The Labute approximate surface area is 188 Å². The van der Waals surface area contributed by atoms with Crippen molar-refractivity contribution in [1.82, 2.24) is 10.3 Å². The van der Waals surface area contributed by atoms with E-state index >= 15 is 0 Å². The van der Waals surface area contributed by atoms with Crippen LogP contribution in [0.3, 0.4) is 0 Å². The zero-order valence-electron chi connectivity index (χ0n) is 16.3. The van der Waals surface area contributed by atoms with Crippen molar-refractivity contribution in [3.05, 3.63) is 69.6 Å². The lowest BCUT2D eigenvalue weighted by Gasteiger charge is -2.27. The normalized spacial score (nSPS) is 18.2. The van der Waals surface area contributed by atoms with E-state index in [1.807, 2.05) is 53.4 Å². The number of thiophene rings is 1. The highest BCUT2D eigenvalue weighted by molar-refractivity contribution is 7.80. The molecule has 2 N–H and O–H groups in total. The first-order chi connectivity index (χ1) is 14.5. The second-order valence-electron chi connectivity index (χ2n) is 6.70. The zero-order chi connectivity index (χ0) is 21.3. The molecule has 1 saturated heterocycles. The topological polar surface area (TPSA) is 66.5 Å². The minimum Gasteiger partial charge on any atom is -0.495 e. The van der Waals surface area contributed by atoms with Crippen LogP contribution in [-0.2, 0) is 4.79 Å². The molecule has 2 atom stereocenters. The van der Waals surface area contributed by atoms with E-state index in [1.165, 1.54) is 18.3 Å². The first kappa shape index (κ1) is 20.6. The Morgan fingerprint density at radius 3 is 2.77 bits per heavy atom. The number of hydrogen-bond acceptors (Lipinski definition) is 5. The van der Waals surface area contributed by atoms with Gasteiger partial charge in [0.15, 0.2) is 5.11 Å². The van der Waals surface area contributed by atoms with Crippen LogP contribution >= 0.6 is 35.2 Å². The van der Waals surface area contributed by atoms with Gasteiger partial charge in [-0.3, -0.25) is 9.78 Å². The summed E-state index contributed by atoms with van der Waals surface area (Å²) in [4.78, 5) is 19.3. The summed E-state index contributed by atoms with van der Waals surface area (Å²) in [5, 5.41) is 6.79. The van der Waals surface area contributed by atoms with Crippen LogP contribution in [0.5, 0.6) is 5.75 Å². The highest BCUT2D eigenvalue weighted by Gasteiger charge is 2.41. The molecule has 1 aliphatic heterocycles. The van der Waals surface area contributed by atoms with E-state index in [1.54, 1.807) is 13.3 Å². The summed E-state index contributed by atoms with van der Waals surface area (Å²) in [6.45, 7) is 1.46. The quantitative estimate of drug-likeness (QED) is 0.528. The summed E-state index contributed by atoms with van der Waals surface area (Å²) in [5.74, 6) is 0.393. The van der Waals surface area contributed by atoms with Gasteiger partial charge in [-0.05, 0) is 54.7 Å². The van der Waals surface area contributed by atoms with E-state index in [0.717, 1.165) is 16.3 Å². The SMILES string of the molecule is COc1ccc(N2C(=S)N[C@@H](c3ccccn3)[C@H]2c2ccc(Cl)s2)cc1NC(C)=O. The van der Waals surface area contributed by atoms with Crippen molar-refractivity contribution in [3.63, 3.8) is 0 Å². The monoisotopic (exact) mass is 458 g/mol. The summed E-state index contributed by atoms with van der Waals surface area (Å²) in [6.07, 6.45) is 1.77. The highest BCUT2D eigenvalue weighted by Crippen LogP contribution is 2.45. The number of pyridine rings is 1. The number of ether oxygens (including phenoxy) is 1. The van der Waals surface area contributed by atoms with Gasteiger partial charge in [0.1, 0.15) is 5.75 Å². The van der Waals surface area contributed by atoms with Crippen molar-refractivity contribution in [1.29, 1.82) is 0 Å². The molecule has 3 heterocycles. The third kappa shape index (κ3) is 3.98. The summed E-state index contributed by atoms with van der Waals surface area (Å²) >= 11 is 13.5. The third-order valence-electron chi connectivity index (χ3n) is 4.76. The summed E-state index contributed by atoms with van der Waals surface area (Å²) < 4.78 is 6.09. The molecular formula is C21H19ClN4O2S2. The van der Waals surface area contributed by atoms with E-state index in [-0.39, 0.29) is 18.0 Å². The Kier molecular flexibility index (Phi) is 5.90.